The maximum atomic E-state index is 11.8. The molecule has 0 radical (unpaired) electrons. The van der Waals surface area contributed by atoms with Crippen molar-refractivity contribution in [2.45, 2.75) is 18.4 Å². The maximum absolute atomic E-state index is 11.8. The number of hydrogen-bond donors (Lipinski definition) is 2. The minimum absolute atomic E-state index is 0.00532. The van der Waals surface area contributed by atoms with Gasteiger partial charge in [0.15, 0.2) is 0 Å². The zero-order valence-electron chi connectivity index (χ0n) is 11.7. The third-order valence-electron chi connectivity index (χ3n) is 4.00. The molecule has 2 N–H and O–H groups in total. The highest BCUT2D eigenvalue weighted by Gasteiger charge is 2.31. The van der Waals surface area contributed by atoms with E-state index in [1.54, 1.807) is 0 Å². The van der Waals surface area contributed by atoms with Gasteiger partial charge in [0.25, 0.3) is 0 Å². The summed E-state index contributed by atoms with van der Waals surface area (Å²) < 4.78 is 5.24. The number of ether oxygens (including phenoxy) is 1. The first-order valence-corrected chi connectivity index (χ1v) is 7.05. The van der Waals surface area contributed by atoms with Gasteiger partial charge in [-0.1, -0.05) is 0 Å². The Morgan fingerprint density at radius 2 is 1.89 bits per heavy atom. The molecule has 2 aliphatic rings. The summed E-state index contributed by atoms with van der Waals surface area (Å²) >= 11 is 0. The van der Waals surface area contributed by atoms with Crippen LogP contribution >= 0.6 is 0 Å². The molecule has 0 atom stereocenters. The van der Waals surface area contributed by atoms with E-state index in [1.165, 1.54) is 0 Å². The van der Waals surface area contributed by atoms with E-state index in [0.717, 1.165) is 39.0 Å². The monoisotopic (exact) mass is 271 g/mol. The van der Waals surface area contributed by atoms with Crippen LogP contribution in [0.25, 0.3) is 0 Å². The van der Waals surface area contributed by atoms with Crippen LogP contribution in [0.5, 0.6) is 0 Å². The zero-order chi connectivity index (χ0) is 13.7. The Kier molecular flexibility index (Phi) is 5.15. The Hall–Kier alpha value is -0.690. The van der Waals surface area contributed by atoms with Crippen molar-refractivity contribution in [3.8, 4) is 0 Å². The fourth-order valence-corrected chi connectivity index (χ4v) is 2.49. The molecule has 1 amide bonds. The van der Waals surface area contributed by atoms with E-state index in [0.29, 0.717) is 26.3 Å². The topological polar surface area (TPSA) is 65.0 Å². The first-order chi connectivity index (χ1) is 9.07. The standard InChI is InChI=1S/C13H25N3O3/c1-15-4-2-13(18,3-5-15)11-14-12(17)10-16-6-8-19-9-7-16/h18H,2-11H2,1H3,(H,14,17). The van der Waals surface area contributed by atoms with Crippen molar-refractivity contribution in [2.75, 3.05) is 59.5 Å². The number of amides is 1. The first kappa shape index (κ1) is 14.7. The summed E-state index contributed by atoms with van der Waals surface area (Å²) in [5, 5.41) is 13.2. The Bertz CT molecular complexity index is 298. The molecule has 0 bridgehead atoms. The Balaban J connectivity index is 1.67. The summed E-state index contributed by atoms with van der Waals surface area (Å²) in [4.78, 5) is 16.1. The summed E-state index contributed by atoms with van der Waals surface area (Å²) in [6, 6.07) is 0. The summed E-state index contributed by atoms with van der Waals surface area (Å²) in [6.07, 6.45) is 1.45. The molecule has 2 saturated heterocycles. The minimum atomic E-state index is -0.729. The van der Waals surface area contributed by atoms with Gasteiger partial charge >= 0.3 is 0 Å². The Morgan fingerprint density at radius 3 is 2.53 bits per heavy atom. The highest BCUT2D eigenvalue weighted by molar-refractivity contribution is 5.78. The largest absolute Gasteiger partial charge is 0.388 e. The highest BCUT2D eigenvalue weighted by Crippen LogP contribution is 2.20. The lowest BCUT2D eigenvalue weighted by Crippen LogP contribution is -2.51. The molecule has 110 valence electrons. The molecule has 2 rings (SSSR count). The molecule has 19 heavy (non-hydrogen) atoms. The van der Waals surface area contributed by atoms with Gasteiger partial charge in [-0.25, -0.2) is 0 Å². The third-order valence-corrected chi connectivity index (χ3v) is 4.00. The maximum Gasteiger partial charge on any atom is 0.234 e. The number of morpholine rings is 1. The molecule has 2 fully saturated rings. The van der Waals surface area contributed by atoms with Crippen LogP contribution in [0.3, 0.4) is 0 Å². The number of nitrogens with one attached hydrogen (secondary N) is 1. The molecule has 6 heteroatoms. The molecule has 2 aliphatic heterocycles. The van der Waals surface area contributed by atoms with Crippen molar-refractivity contribution >= 4 is 5.91 Å². The number of rotatable bonds is 4. The fraction of sp³-hybridized carbons (Fsp3) is 0.923. The van der Waals surface area contributed by atoms with Crippen LogP contribution in [0.2, 0.25) is 0 Å². The minimum Gasteiger partial charge on any atom is -0.388 e. The molecule has 0 aliphatic carbocycles. The van der Waals surface area contributed by atoms with E-state index in [1.807, 2.05) is 0 Å². The molecule has 0 aromatic heterocycles. The van der Waals surface area contributed by atoms with Gasteiger partial charge in [-0.05, 0) is 19.9 Å². The van der Waals surface area contributed by atoms with E-state index in [4.69, 9.17) is 4.74 Å². The number of aliphatic hydroxyl groups is 1. The van der Waals surface area contributed by atoms with Crippen molar-refractivity contribution < 1.29 is 14.6 Å². The number of likely N-dealkylation sites (tertiary alicyclic amines) is 1. The van der Waals surface area contributed by atoms with E-state index in [-0.39, 0.29) is 5.91 Å². The van der Waals surface area contributed by atoms with Crippen LogP contribution in [-0.4, -0.2) is 85.9 Å². The molecule has 0 spiro atoms. The van der Waals surface area contributed by atoms with Gasteiger partial charge in [0.1, 0.15) is 0 Å². The van der Waals surface area contributed by atoms with E-state index in [9.17, 15) is 9.90 Å². The zero-order valence-corrected chi connectivity index (χ0v) is 11.7. The number of carbonyl (C=O) groups is 1. The van der Waals surface area contributed by atoms with Gasteiger partial charge in [0, 0.05) is 32.7 Å². The lowest BCUT2D eigenvalue weighted by Gasteiger charge is -2.36. The second kappa shape index (κ2) is 6.65. The second-order valence-corrected chi connectivity index (χ2v) is 5.69. The van der Waals surface area contributed by atoms with Gasteiger partial charge in [-0.3, -0.25) is 9.69 Å². The van der Waals surface area contributed by atoms with E-state index in [2.05, 4.69) is 22.2 Å². The second-order valence-electron chi connectivity index (χ2n) is 5.69. The molecule has 0 saturated carbocycles. The molecule has 0 aromatic carbocycles. The van der Waals surface area contributed by atoms with Crippen LogP contribution in [0.4, 0.5) is 0 Å². The highest BCUT2D eigenvalue weighted by atomic mass is 16.5. The molecule has 0 aromatic rings. The van der Waals surface area contributed by atoms with Gasteiger partial charge in [0.2, 0.25) is 5.91 Å². The summed E-state index contributed by atoms with van der Waals surface area (Å²) in [7, 11) is 2.05. The summed E-state index contributed by atoms with van der Waals surface area (Å²) in [5.74, 6) is -0.00532. The summed E-state index contributed by atoms with van der Waals surface area (Å²) in [6.45, 7) is 5.55. The van der Waals surface area contributed by atoms with E-state index >= 15 is 0 Å². The van der Waals surface area contributed by atoms with Crippen LogP contribution in [0.1, 0.15) is 12.8 Å². The van der Waals surface area contributed by atoms with Gasteiger partial charge in [-0.2, -0.15) is 0 Å². The summed E-state index contributed by atoms with van der Waals surface area (Å²) in [5.41, 5.74) is -0.729. The van der Waals surface area contributed by atoms with Crippen molar-refractivity contribution in [3.63, 3.8) is 0 Å². The molecule has 0 unspecified atom stereocenters. The third kappa shape index (κ3) is 4.72. The van der Waals surface area contributed by atoms with Crippen molar-refractivity contribution in [1.29, 1.82) is 0 Å². The fourth-order valence-electron chi connectivity index (χ4n) is 2.49. The molecule has 2 heterocycles. The molecular weight excluding hydrogens is 246 g/mol. The smallest absolute Gasteiger partial charge is 0.234 e. The normalized spacial score (nSPS) is 25.2. The van der Waals surface area contributed by atoms with Crippen molar-refractivity contribution in [1.82, 2.24) is 15.1 Å². The predicted molar refractivity (Wildman–Crippen MR) is 71.9 cm³/mol. The molecular formula is C13H25N3O3. The Labute approximate surface area is 114 Å². The van der Waals surface area contributed by atoms with Crippen LogP contribution in [0, 0.1) is 0 Å². The number of piperidine rings is 1. The number of carbonyl (C=O) groups excluding carboxylic acids is 1. The predicted octanol–water partition coefficient (Wildman–Crippen LogP) is -1.11. The lowest BCUT2D eigenvalue weighted by molar-refractivity contribution is -0.125. The first-order valence-electron chi connectivity index (χ1n) is 7.05. The number of nitrogens with zero attached hydrogens (tertiary/aromatic N) is 2. The number of hydrogen-bond acceptors (Lipinski definition) is 5. The molecule has 6 nitrogen and oxygen atoms in total. The Morgan fingerprint density at radius 1 is 1.26 bits per heavy atom. The average Bonchev–Trinajstić information content (AvgIpc) is 2.42. The average molecular weight is 271 g/mol. The van der Waals surface area contributed by atoms with Crippen molar-refractivity contribution in [2.24, 2.45) is 0 Å². The lowest BCUT2D eigenvalue weighted by atomic mass is 9.91. The van der Waals surface area contributed by atoms with Crippen molar-refractivity contribution in [3.05, 3.63) is 0 Å². The van der Waals surface area contributed by atoms with Gasteiger partial charge in [-0.15, -0.1) is 0 Å². The SMILES string of the molecule is CN1CCC(O)(CNC(=O)CN2CCOCC2)CC1. The van der Waals surface area contributed by atoms with E-state index < -0.39 is 5.60 Å². The van der Waals surface area contributed by atoms with Crippen LogP contribution in [0.15, 0.2) is 0 Å². The van der Waals surface area contributed by atoms with Gasteiger partial charge < -0.3 is 20.1 Å². The quantitative estimate of drug-likeness (QED) is 0.679. The van der Waals surface area contributed by atoms with Crippen LogP contribution < -0.4 is 5.32 Å². The van der Waals surface area contributed by atoms with Crippen LogP contribution in [-0.2, 0) is 9.53 Å². The van der Waals surface area contributed by atoms with Gasteiger partial charge in [0.05, 0.1) is 25.4 Å².